The number of rotatable bonds is 6. The average Bonchev–Trinajstić information content (AvgIpc) is 3.42. The van der Waals surface area contributed by atoms with Crippen LogP contribution in [0.3, 0.4) is 0 Å². The Kier molecular flexibility index (Phi) is 5.34. The molecule has 1 aliphatic rings. The van der Waals surface area contributed by atoms with Crippen molar-refractivity contribution >= 4 is 5.91 Å². The van der Waals surface area contributed by atoms with Crippen LogP contribution < -0.4 is 5.32 Å². The maximum atomic E-state index is 13.3. The standard InChI is InChI=1S/C21H20F2N2O/c1-3-10-25(2)21(26)15-6-4-14(5-7-15)13-24-20-12-17(20)16-8-9-18(22)19(23)11-16/h1,4-9,11,17,20,24H,10,12-13H2,2H3/t17-,20+/m0/s1. The summed E-state index contributed by atoms with van der Waals surface area (Å²) in [7, 11) is 1.67. The van der Waals surface area contributed by atoms with Crippen LogP contribution in [0.15, 0.2) is 42.5 Å². The highest BCUT2D eigenvalue weighted by Crippen LogP contribution is 2.41. The van der Waals surface area contributed by atoms with Crippen LogP contribution >= 0.6 is 0 Å². The minimum atomic E-state index is -0.818. The second kappa shape index (κ2) is 7.67. The van der Waals surface area contributed by atoms with Crippen LogP contribution in [0, 0.1) is 24.0 Å². The first-order chi connectivity index (χ1) is 12.5. The molecule has 1 fully saturated rings. The number of hydrogen-bond acceptors (Lipinski definition) is 2. The minimum absolute atomic E-state index is 0.108. The van der Waals surface area contributed by atoms with Crippen molar-refractivity contribution < 1.29 is 13.6 Å². The lowest BCUT2D eigenvalue weighted by Gasteiger charge is -2.14. The summed E-state index contributed by atoms with van der Waals surface area (Å²) in [6, 6.07) is 11.7. The van der Waals surface area contributed by atoms with Crippen molar-refractivity contribution in [3.05, 3.63) is 70.8 Å². The molecule has 134 valence electrons. The van der Waals surface area contributed by atoms with Gasteiger partial charge in [-0.3, -0.25) is 4.79 Å². The number of amides is 1. The molecular formula is C21H20F2N2O. The van der Waals surface area contributed by atoms with E-state index in [9.17, 15) is 13.6 Å². The third-order valence-corrected chi connectivity index (χ3v) is 4.61. The van der Waals surface area contributed by atoms with Gasteiger partial charge in [0.05, 0.1) is 6.54 Å². The Balaban J connectivity index is 1.52. The van der Waals surface area contributed by atoms with E-state index in [0.717, 1.165) is 17.5 Å². The molecule has 3 rings (SSSR count). The number of terminal acetylenes is 1. The van der Waals surface area contributed by atoms with Gasteiger partial charge in [-0.1, -0.05) is 24.1 Å². The summed E-state index contributed by atoms with van der Waals surface area (Å²) in [5.74, 6) is 0.927. The molecule has 1 N–H and O–H groups in total. The lowest BCUT2D eigenvalue weighted by atomic mass is 10.1. The monoisotopic (exact) mass is 354 g/mol. The maximum absolute atomic E-state index is 13.3. The molecule has 0 unspecified atom stereocenters. The molecule has 1 amide bonds. The van der Waals surface area contributed by atoms with Crippen LogP contribution in [0.1, 0.15) is 33.8 Å². The van der Waals surface area contributed by atoms with E-state index < -0.39 is 11.6 Å². The molecule has 0 saturated heterocycles. The molecule has 0 aromatic heterocycles. The lowest BCUT2D eigenvalue weighted by molar-refractivity contribution is 0.0812. The van der Waals surface area contributed by atoms with Gasteiger partial charge in [0.25, 0.3) is 5.91 Å². The summed E-state index contributed by atoms with van der Waals surface area (Å²) < 4.78 is 26.3. The Bertz CT molecular complexity index is 842. The molecule has 0 heterocycles. The van der Waals surface area contributed by atoms with Gasteiger partial charge in [0.15, 0.2) is 11.6 Å². The van der Waals surface area contributed by atoms with E-state index in [4.69, 9.17) is 6.42 Å². The summed E-state index contributed by atoms with van der Waals surface area (Å²) in [6.07, 6.45) is 6.12. The molecule has 0 radical (unpaired) electrons. The van der Waals surface area contributed by atoms with E-state index in [1.165, 1.54) is 17.0 Å². The van der Waals surface area contributed by atoms with Gasteiger partial charge in [0.2, 0.25) is 0 Å². The van der Waals surface area contributed by atoms with Gasteiger partial charge in [0, 0.05) is 31.1 Å². The number of carbonyl (C=O) groups is 1. The topological polar surface area (TPSA) is 32.3 Å². The van der Waals surface area contributed by atoms with E-state index in [-0.39, 0.29) is 24.4 Å². The van der Waals surface area contributed by atoms with Crippen LogP contribution in [0.25, 0.3) is 0 Å². The van der Waals surface area contributed by atoms with Crippen molar-refractivity contribution in [2.24, 2.45) is 0 Å². The molecule has 2 aromatic carbocycles. The zero-order chi connectivity index (χ0) is 18.7. The molecule has 5 heteroatoms. The summed E-state index contributed by atoms with van der Waals surface area (Å²) >= 11 is 0. The van der Waals surface area contributed by atoms with E-state index in [2.05, 4.69) is 11.2 Å². The lowest BCUT2D eigenvalue weighted by Crippen LogP contribution is -2.26. The van der Waals surface area contributed by atoms with Crippen molar-refractivity contribution in [3.8, 4) is 12.3 Å². The van der Waals surface area contributed by atoms with Crippen LogP contribution in [0.2, 0.25) is 0 Å². The first kappa shape index (κ1) is 18.1. The number of carbonyl (C=O) groups excluding carboxylic acids is 1. The molecule has 1 aliphatic carbocycles. The van der Waals surface area contributed by atoms with E-state index >= 15 is 0 Å². The van der Waals surface area contributed by atoms with E-state index in [0.29, 0.717) is 12.1 Å². The molecule has 26 heavy (non-hydrogen) atoms. The number of benzene rings is 2. The number of halogens is 2. The predicted molar refractivity (Wildman–Crippen MR) is 96.6 cm³/mol. The minimum Gasteiger partial charge on any atom is -0.331 e. The van der Waals surface area contributed by atoms with Crippen molar-refractivity contribution in [1.29, 1.82) is 0 Å². The molecular weight excluding hydrogens is 334 g/mol. The Hall–Kier alpha value is -2.71. The van der Waals surface area contributed by atoms with Crippen molar-refractivity contribution in [2.75, 3.05) is 13.6 Å². The Morgan fingerprint density at radius 1 is 1.23 bits per heavy atom. The van der Waals surface area contributed by atoms with Crippen LogP contribution in [0.4, 0.5) is 8.78 Å². The summed E-state index contributed by atoms with van der Waals surface area (Å²) in [5, 5.41) is 3.41. The van der Waals surface area contributed by atoms with Crippen LogP contribution in [0.5, 0.6) is 0 Å². The van der Waals surface area contributed by atoms with Gasteiger partial charge >= 0.3 is 0 Å². The van der Waals surface area contributed by atoms with Gasteiger partial charge < -0.3 is 10.2 Å². The predicted octanol–water partition coefficient (Wildman–Crippen LogP) is 3.32. The maximum Gasteiger partial charge on any atom is 0.254 e. The molecule has 0 aliphatic heterocycles. The van der Waals surface area contributed by atoms with Gasteiger partial charge in [-0.2, -0.15) is 0 Å². The SMILES string of the molecule is C#CCN(C)C(=O)c1ccc(CN[C@@H]2C[C@H]2c2ccc(F)c(F)c2)cc1. The van der Waals surface area contributed by atoms with E-state index in [1.54, 1.807) is 25.2 Å². The van der Waals surface area contributed by atoms with Crippen LogP contribution in [-0.4, -0.2) is 30.4 Å². The average molecular weight is 354 g/mol. The number of hydrogen-bond donors (Lipinski definition) is 1. The summed E-state index contributed by atoms with van der Waals surface area (Å²) in [6.45, 7) is 0.925. The highest BCUT2D eigenvalue weighted by molar-refractivity contribution is 5.94. The Labute approximate surface area is 152 Å². The third-order valence-electron chi connectivity index (χ3n) is 4.61. The fraction of sp³-hybridized carbons (Fsp3) is 0.286. The highest BCUT2D eigenvalue weighted by atomic mass is 19.2. The third kappa shape index (κ3) is 4.09. The van der Waals surface area contributed by atoms with E-state index in [1.807, 2.05) is 12.1 Å². The quantitative estimate of drug-likeness (QED) is 0.807. The van der Waals surface area contributed by atoms with Gasteiger partial charge in [-0.15, -0.1) is 6.42 Å². The second-order valence-electron chi connectivity index (χ2n) is 6.57. The van der Waals surface area contributed by atoms with Crippen molar-refractivity contribution in [1.82, 2.24) is 10.2 Å². The normalized spacial score (nSPS) is 18.2. The van der Waals surface area contributed by atoms with Gasteiger partial charge in [-0.05, 0) is 41.8 Å². The molecule has 2 atom stereocenters. The first-order valence-corrected chi connectivity index (χ1v) is 8.46. The van der Waals surface area contributed by atoms with Crippen molar-refractivity contribution in [3.63, 3.8) is 0 Å². The molecule has 0 spiro atoms. The highest BCUT2D eigenvalue weighted by Gasteiger charge is 2.38. The second-order valence-corrected chi connectivity index (χ2v) is 6.57. The van der Waals surface area contributed by atoms with Crippen LogP contribution in [-0.2, 0) is 6.54 Å². The van der Waals surface area contributed by atoms with Gasteiger partial charge in [0.1, 0.15) is 0 Å². The molecule has 0 bridgehead atoms. The number of nitrogens with one attached hydrogen (secondary N) is 1. The number of nitrogens with zero attached hydrogens (tertiary/aromatic N) is 1. The fourth-order valence-corrected chi connectivity index (χ4v) is 2.98. The largest absolute Gasteiger partial charge is 0.331 e. The molecule has 1 saturated carbocycles. The molecule has 2 aromatic rings. The fourth-order valence-electron chi connectivity index (χ4n) is 2.98. The Morgan fingerprint density at radius 3 is 2.62 bits per heavy atom. The Morgan fingerprint density at radius 2 is 1.96 bits per heavy atom. The summed E-state index contributed by atoms with van der Waals surface area (Å²) in [5.41, 5.74) is 2.47. The first-order valence-electron chi connectivity index (χ1n) is 8.46. The summed E-state index contributed by atoms with van der Waals surface area (Å²) in [4.78, 5) is 13.6. The molecule has 3 nitrogen and oxygen atoms in total. The van der Waals surface area contributed by atoms with Crippen molar-refractivity contribution in [2.45, 2.75) is 24.9 Å². The van der Waals surface area contributed by atoms with Gasteiger partial charge in [-0.25, -0.2) is 8.78 Å². The zero-order valence-electron chi connectivity index (χ0n) is 14.5. The zero-order valence-corrected chi connectivity index (χ0v) is 14.5. The smallest absolute Gasteiger partial charge is 0.254 e.